The van der Waals surface area contributed by atoms with E-state index in [1.165, 1.54) is 17.0 Å². The summed E-state index contributed by atoms with van der Waals surface area (Å²) in [5, 5.41) is 3.24. The second kappa shape index (κ2) is 8.00. The summed E-state index contributed by atoms with van der Waals surface area (Å²) >= 11 is 6.10. The molecule has 0 aliphatic carbocycles. The monoisotopic (exact) mass is 424 g/mol. The van der Waals surface area contributed by atoms with E-state index in [2.05, 4.69) is 10.3 Å². The van der Waals surface area contributed by atoms with Gasteiger partial charge in [0, 0.05) is 16.9 Å². The number of amides is 1. The molecule has 0 aliphatic rings. The number of hydrogen-bond donors (Lipinski definition) is 1. The number of fused-ring (bicyclic) bond motifs is 1. The van der Waals surface area contributed by atoms with Crippen LogP contribution in [0.25, 0.3) is 11.0 Å². The zero-order chi connectivity index (χ0) is 21.3. The molecule has 4 rings (SSSR count). The third-order valence-electron chi connectivity index (χ3n) is 4.64. The van der Waals surface area contributed by atoms with Crippen LogP contribution < -0.4 is 16.6 Å². The first kappa shape index (κ1) is 19.7. The fraction of sp³-hybridized carbons (Fsp3) is 0.143. The van der Waals surface area contributed by atoms with Gasteiger partial charge in [0.2, 0.25) is 5.91 Å². The van der Waals surface area contributed by atoms with E-state index in [1.54, 1.807) is 42.5 Å². The number of nitrogens with zero attached hydrogens (tertiary/aromatic N) is 3. The molecule has 0 saturated heterocycles. The number of furan rings is 1. The molecule has 3 heterocycles. The second-order valence-electron chi connectivity index (χ2n) is 6.72. The summed E-state index contributed by atoms with van der Waals surface area (Å²) in [5.74, 6) is 0.000139. The minimum atomic E-state index is -0.631. The van der Waals surface area contributed by atoms with Crippen molar-refractivity contribution in [3.63, 3.8) is 0 Å². The number of benzene rings is 1. The first-order valence-electron chi connectivity index (χ1n) is 9.11. The lowest BCUT2D eigenvalue weighted by atomic mass is 10.2. The predicted molar refractivity (Wildman–Crippen MR) is 113 cm³/mol. The lowest BCUT2D eigenvalue weighted by Crippen LogP contribution is -2.42. The molecule has 0 radical (unpaired) electrons. The van der Waals surface area contributed by atoms with Crippen LogP contribution in [0.1, 0.15) is 11.3 Å². The van der Waals surface area contributed by atoms with E-state index in [0.717, 1.165) is 10.1 Å². The molecule has 0 fully saturated rings. The average Bonchev–Trinajstić information content (AvgIpc) is 3.24. The maximum Gasteiger partial charge on any atom is 0.332 e. The van der Waals surface area contributed by atoms with Crippen LogP contribution >= 0.6 is 11.6 Å². The molecule has 1 N–H and O–H groups in total. The van der Waals surface area contributed by atoms with Crippen molar-refractivity contribution < 1.29 is 9.21 Å². The Morgan fingerprint density at radius 2 is 2.00 bits per heavy atom. The SMILES string of the molecule is Cc1ccc(NC(=O)Cn2c(=O)n(Cc3ccco3)c(=O)c3ncccc32)cc1Cl. The highest BCUT2D eigenvalue weighted by Gasteiger charge is 2.17. The van der Waals surface area contributed by atoms with Gasteiger partial charge in [0.1, 0.15) is 12.3 Å². The van der Waals surface area contributed by atoms with Gasteiger partial charge in [-0.1, -0.05) is 17.7 Å². The number of aromatic nitrogens is 3. The Labute approximate surface area is 175 Å². The van der Waals surface area contributed by atoms with Gasteiger partial charge in [-0.15, -0.1) is 0 Å². The molecule has 3 aromatic heterocycles. The summed E-state index contributed by atoms with van der Waals surface area (Å²) in [4.78, 5) is 42.6. The van der Waals surface area contributed by atoms with E-state index in [4.69, 9.17) is 16.0 Å². The minimum Gasteiger partial charge on any atom is -0.467 e. The van der Waals surface area contributed by atoms with Gasteiger partial charge in [0.05, 0.1) is 18.3 Å². The fourth-order valence-electron chi connectivity index (χ4n) is 3.11. The molecule has 1 aromatic carbocycles. The van der Waals surface area contributed by atoms with E-state index < -0.39 is 17.2 Å². The number of rotatable bonds is 5. The van der Waals surface area contributed by atoms with E-state index in [1.807, 2.05) is 6.92 Å². The summed E-state index contributed by atoms with van der Waals surface area (Å²) in [7, 11) is 0. The highest BCUT2D eigenvalue weighted by atomic mass is 35.5. The summed E-state index contributed by atoms with van der Waals surface area (Å²) in [6.45, 7) is 1.49. The Bertz CT molecular complexity index is 1360. The largest absolute Gasteiger partial charge is 0.467 e. The third kappa shape index (κ3) is 3.77. The molecule has 0 saturated carbocycles. The number of pyridine rings is 1. The molecular formula is C21H17ClN4O4. The molecule has 30 heavy (non-hydrogen) atoms. The number of hydrogen-bond acceptors (Lipinski definition) is 5. The predicted octanol–water partition coefficient (Wildman–Crippen LogP) is 2.80. The Morgan fingerprint density at radius 1 is 1.17 bits per heavy atom. The van der Waals surface area contributed by atoms with Crippen molar-refractivity contribution in [2.75, 3.05) is 5.32 Å². The van der Waals surface area contributed by atoms with Crippen LogP contribution in [0.2, 0.25) is 5.02 Å². The molecule has 9 heteroatoms. The second-order valence-corrected chi connectivity index (χ2v) is 7.13. The Kier molecular flexibility index (Phi) is 5.24. The van der Waals surface area contributed by atoms with Gasteiger partial charge in [0.15, 0.2) is 5.52 Å². The summed E-state index contributed by atoms with van der Waals surface area (Å²) < 4.78 is 7.48. The Morgan fingerprint density at radius 3 is 2.73 bits per heavy atom. The molecule has 4 aromatic rings. The molecule has 0 unspecified atom stereocenters. The molecule has 0 aliphatic heterocycles. The maximum atomic E-state index is 13.1. The van der Waals surface area contributed by atoms with Crippen LogP contribution in [0.4, 0.5) is 5.69 Å². The van der Waals surface area contributed by atoms with E-state index in [0.29, 0.717) is 16.5 Å². The van der Waals surface area contributed by atoms with Crippen LogP contribution in [-0.2, 0) is 17.9 Å². The van der Waals surface area contributed by atoms with E-state index in [-0.39, 0.29) is 24.1 Å². The summed E-state index contributed by atoms with van der Waals surface area (Å²) in [6.07, 6.45) is 2.92. The van der Waals surface area contributed by atoms with Gasteiger partial charge in [0.25, 0.3) is 5.56 Å². The summed E-state index contributed by atoms with van der Waals surface area (Å²) in [5.41, 5.74) is 0.584. The van der Waals surface area contributed by atoms with Gasteiger partial charge >= 0.3 is 5.69 Å². The smallest absolute Gasteiger partial charge is 0.332 e. The Balaban J connectivity index is 1.73. The van der Waals surface area contributed by atoms with Crippen LogP contribution in [0.3, 0.4) is 0 Å². The van der Waals surface area contributed by atoms with Crippen molar-refractivity contribution in [1.29, 1.82) is 0 Å². The number of carbonyl (C=O) groups is 1. The van der Waals surface area contributed by atoms with Gasteiger partial charge in [-0.2, -0.15) is 0 Å². The highest BCUT2D eigenvalue weighted by molar-refractivity contribution is 6.31. The lowest BCUT2D eigenvalue weighted by Gasteiger charge is -2.13. The van der Waals surface area contributed by atoms with Crippen molar-refractivity contribution in [3.05, 3.63) is 92.1 Å². The van der Waals surface area contributed by atoms with Gasteiger partial charge < -0.3 is 9.73 Å². The van der Waals surface area contributed by atoms with Gasteiger partial charge in [-0.25, -0.2) is 9.78 Å². The molecule has 0 bridgehead atoms. The first-order chi connectivity index (χ1) is 14.4. The van der Waals surface area contributed by atoms with Crippen molar-refractivity contribution in [2.24, 2.45) is 0 Å². The molecular weight excluding hydrogens is 408 g/mol. The molecule has 8 nitrogen and oxygen atoms in total. The molecule has 0 spiro atoms. The van der Waals surface area contributed by atoms with Gasteiger partial charge in [-0.3, -0.25) is 18.7 Å². The molecule has 0 atom stereocenters. The van der Waals surface area contributed by atoms with Crippen LogP contribution in [0.5, 0.6) is 0 Å². The number of carbonyl (C=O) groups excluding carboxylic acids is 1. The quantitative estimate of drug-likeness (QED) is 0.531. The standard InChI is InChI=1S/C21H17ClN4O4/c1-13-6-7-14(10-16(13)22)24-18(27)12-25-17-5-2-8-23-19(17)20(28)26(21(25)29)11-15-4-3-9-30-15/h2-10H,11-12H2,1H3,(H,24,27). The number of nitrogens with one attached hydrogen (secondary N) is 1. The zero-order valence-corrected chi connectivity index (χ0v) is 16.7. The van der Waals surface area contributed by atoms with Crippen LogP contribution in [0.15, 0.2) is 68.9 Å². The first-order valence-corrected chi connectivity index (χ1v) is 9.48. The van der Waals surface area contributed by atoms with E-state index >= 15 is 0 Å². The van der Waals surface area contributed by atoms with Crippen molar-refractivity contribution in [3.8, 4) is 0 Å². The van der Waals surface area contributed by atoms with Crippen molar-refractivity contribution >= 4 is 34.2 Å². The van der Waals surface area contributed by atoms with E-state index in [9.17, 15) is 14.4 Å². The Hall–Kier alpha value is -3.65. The van der Waals surface area contributed by atoms with Crippen LogP contribution in [0, 0.1) is 6.92 Å². The highest BCUT2D eigenvalue weighted by Crippen LogP contribution is 2.20. The van der Waals surface area contributed by atoms with Crippen molar-refractivity contribution in [1.82, 2.24) is 14.1 Å². The average molecular weight is 425 g/mol. The molecule has 152 valence electrons. The number of halogens is 1. The topological polar surface area (TPSA) is 99.1 Å². The van der Waals surface area contributed by atoms with Gasteiger partial charge in [-0.05, 0) is 48.9 Å². The lowest BCUT2D eigenvalue weighted by molar-refractivity contribution is -0.116. The number of aryl methyl sites for hydroxylation is 1. The normalized spacial score (nSPS) is 11.0. The third-order valence-corrected chi connectivity index (χ3v) is 5.05. The van der Waals surface area contributed by atoms with Crippen molar-refractivity contribution in [2.45, 2.75) is 20.0 Å². The number of anilines is 1. The molecule has 1 amide bonds. The fourth-order valence-corrected chi connectivity index (χ4v) is 3.29. The summed E-state index contributed by atoms with van der Waals surface area (Å²) in [6, 6.07) is 11.6. The van der Waals surface area contributed by atoms with Crippen LogP contribution in [-0.4, -0.2) is 20.0 Å². The minimum absolute atomic E-state index is 0.0631. The maximum absolute atomic E-state index is 13.1. The zero-order valence-electron chi connectivity index (χ0n) is 16.0.